The Balaban J connectivity index is 5.77. The molecule has 0 aromatic heterocycles. The predicted molar refractivity (Wildman–Crippen MR) is 241 cm³/mol. The van der Waals surface area contributed by atoms with Crippen molar-refractivity contribution in [3.05, 3.63) is 0 Å². The van der Waals surface area contributed by atoms with Crippen molar-refractivity contribution < 1.29 is 68.4 Å². The quantitative estimate of drug-likeness (QED) is 0.0165. The molecule has 0 bridgehead atoms. The fourth-order valence-corrected chi connectivity index (χ4v) is 5.98. The fourth-order valence-electron chi connectivity index (χ4n) is 5.98. The van der Waals surface area contributed by atoms with Crippen LogP contribution in [0.5, 0.6) is 0 Å². The third-order valence-electron chi connectivity index (χ3n) is 9.87. The summed E-state index contributed by atoms with van der Waals surface area (Å²) in [4.78, 5) is 132. The number of aliphatic hydroxyl groups is 2. The van der Waals surface area contributed by atoms with Gasteiger partial charge in [0.2, 0.25) is 47.3 Å². The third kappa shape index (κ3) is 24.2. The molecule has 27 heteroatoms. The van der Waals surface area contributed by atoms with Crippen LogP contribution in [0.25, 0.3) is 0 Å². The van der Waals surface area contributed by atoms with Gasteiger partial charge in [0.05, 0.1) is 19.3 Å². The number of rotatable bonds is 33. The van der Waals surface area contributed by atoms with Gasteiger partial charge in [0.15, 0.2) is 5.96 Å². The van der Waals surface area contributed by atoms with E-state index in [2.05, 4.69) is 47.5 Å². The van der Waals surface area contributed by atoms with Crippen LogP contribution in [0.3, 0.4) is 0 Å². The number of aliphatic carboxylic acids is 2. The van der Waals surface area contributed by atoms with Gasteiger partial charge in [-0.15, -0.1) is 0 Å². The number of unbranched alkanes of at least 4 members (excludes halogenated alkanes) is 1. The molecule has 0 saturated heterocycles. The molecule has 0 rings (SSSR count). The molecule has 9 atom stereocenters. The molecule has 0 spiro atoms. The van der Waals surface area contributed by atoms with Gasteiger partial charge in [-0.05, 0) is 77.2 Å². The Morgan fingerprint density at radius 1 is 0.522 bits per heavy atom. The molecule has 0 aliphatic carbocycles. The Kier molecular flexibility index (Phi) is 28.8. The van der Waals surface area contributed by atoms with Crippen LogP contribution in [0.15, 0.2) is 4.99 Å². The van der Waals surface area contributed by atoms with Gasteiger partial charge in [-0.1, -0.05) is 27.7 Å². The second-order valence-corrected chi connectivity index (χ2v) is 16.6. The predicted octanol–water partition coefficient (Wildman–Crippen LogP) is -5.95. The van der Waals surface area contributed by atoms with Crippen LogP contribution in [0.4, 0.5) is 0 Å². The SMILES string of the molecule is CC(C)C[C@H](NC(=O)[C@@H](NC(=O)[C@H](CCCCN)NC(=O)[C@@H](N)CCC(=O)O)C(C)C)C(=O)N[C@@H](C)C(=O)N[C@@H](CO)C(=O)N[C@@H](CO)C(=O)N[C@@H](C)C(=O)N[C@@H](CCCN=C(N)N)C(=O)O. The molecule has 0 aromatic carbocycles. The highest BCUT2D eigenvalue weighted by atomic mass is 16.4. The van der Waals surface area contributed by atoms with Crippen LogP contribution < -0.4 is 65.5 Å². The van der Waals surface area contributed by atoms with Crippen molar-refractivity contribution in [3.8, 4) is 0 Å². The molecule has 0 heterocycles. The molecule has 0 fully saturated rings. The van der Waals surface area contributed by atoms with E-state index in [0.29, 0.717) is 19.4 Å². The van der Waals surface area contributed by atoms with Crippen molar-refractivity contribution in [1.82, 2.24) is 42.5 Å². The van der Waals surface area contributed by atoms with Crippen molar-refractivity contribution in [2.24, 2.45) is 39.8 Å². The summed E-state index contributed by atoms with van der Waals surface area (Å²) in [7, 11) is 0. The Morgan fingerprint density at radius 2 is 0.970 bits per heavy atom. The molecule has 0 aliphatic heterocycles. The van der Waals surface area contributed by atoms with E-state index >= 15 is 0 Å². The maximum atomic E-state index is 13.7. The molecule has 0 radical (unpaired) electrons. The average Bonchev–Trinajstić information content (AvgIpc) is 3.24. The summed E-state index contributed by atoms with van der Waals surface area (Å²) in [6, 6.07) is -12.4. The van der Waals surface area contributed by atoms with Crippen molar-refractivity contribution in [1.29, 1.82) is 0 Å². The van der Waals surface area contributed by atoms with Gasteiger partial charge in [-0.25, -0.2) is 4.79 Å². The minimum Gasteiger partial charge on any atom is -0.481 e. The fraction of sp³-hybridized carbons (Fsp3) is 0.725. The number of nitrogens with two attached hydrogens (primary N) is 4. The van der Waals surface area contributed by atoms with Gasteiger partial charge < -0.3 is 85.9 Å². The zero-order valence-corrected chi connectivity index (χ0v) is 39.0. The van der Waals surface area contributed by atoms with Crippen molar-refractivity contribution in [2.75, 3.05) is 26.3 Å². The summed E-state index contributed by atoms with van der Waals surface area (Å²) in [5.74, 6) is -10.7. The molecular weight excluding hydrogens is 887 g/mol. The Bertz CT molecular complexity index is 1710. The van der Waals surface area contributed by atoms with E-state index in [-0.39, 0.29) is 56.9 Å². The van der Waals surface area contributed by atoms with E-state index in [4.69, 9.17) is 28.0 Å². The molecule has 0 saturated carbocycles. The number of aliphatic imine (C=N–C) groups is 1. The summed E-state index contributed by atoms with van der Waals surface area (Å²) in [6.45, 7) is 7.61. The number of hydrogen-bond acceptors (Lipinski definition) is 15. The summed E-state index contributed by atoms with van der Waals surface area (Å²) >= 11 is 0. The van der Waals surface area contributed by atoms with E-state index in [1.807, 2.05) is 0 Å². The molecule has 27 nitrogen and oxygen atoms in total. The van der Waals surface area contributed by atoms with E-state index < -0.39 is 133 Å². The van der Waals surface area contributed by atoms with Crippen molar-refractivity contribution >= 4 is 65.2 Å². The molecule has 67 heavy (non-hydrogen) atoms. The van der Waals surface area contributed by atoms with Gasteiger partial charge >= 0.3 is 11.9 Å². The van der Waals surface area contributed by atoms with E-state index in [1.165, 1.54) is 13.8 Å². The highest BCUT2D eigenvalue weighted by molar-refractivity contribution is 5.98. The second kappa shape index (κ2) is 31.7. The Hall–Kier alpha value is -6.19. The first kappa shape index (κ1) is 60.8. The van der Waals surface area contributed by atoms with Crippen LogP contribution >= 0.6 is 0 Å². The summed E-state index contributed by atoms with van der Waals surface area (Å²) < 4.78 is 0. The normalized spacial score (nSPS) is 15.1. The molecule has 0 unspecified atom stereocenters. The lowest BCUT2D eigenvalue weighted by atomic mass is 9.99. The van der Waals surface area contributed by atoms with Gasteiger partial charge in [0.1, 0.15) is 48.3 Å². The van der Waals surface area contributed by atoms with Crippen LogP contribution in [0.2, 0.25) is 0 Å². The van der Waals surface area contributed by atoms with Crippen LogP contribution in [0, 0.1) is 11.8 Å². The topological polar surface area (TPSA) is 464 Å². The zero-order chi connectivity index (χ0) is 51.6. The average molecular weight is 960 g/mol. The first-order valence-corrected chi connectivity index (χ1v) is 21.9. The number of carbonyl (C=O) groups is 10. The van der Waals surface area contributed by atoms with E-state index in [1.54, 1.807) is 27.7 Å². The largest absolute Gasteiger partial charge is 0.481 e. The van der Waals surface area contributed by atoms with Crippen LogP contribution in [-0.2, 0) is 47.9 Å². The van der Waals surface area contributed by atoms with Crippen LogP contribution in [-0.4, -0.2) is 166 Å². The Labute approximate surface area is 388 Å². The summed E-state index contributed by atoms with van der Waals surface area (Å²) in [5, 5.41) is 57.3. The molecular formula is C40H73N13O14. The van der Waals surface area contributed by atoms with E-state index in [0.717, 1.165) is 0 Å². The lowest BCUT2D eigenvalue weighted by Gasteiger charge is -2.29. The maximum Gasteiger partial charge on any atom is 0.326 e. The second-order valence-electron chi connectivity index (χ2n) is 16.6. The number of aliphatic hydroxyl groups excluding tert-OH is 2. The number of carboxylic acids is 2. The molecule has 0 aliphatic rings. The van der Waals surface area contributed by atoms with Gasteiger partial charge in [-0.2, -0.15) is 0 Å². The minimum absolute atomic E-state index is 0.0562. The van der Waals surface area contributed by atoms with Gasteiger partial charge in [-0.3, -0.25) is 48.1 Å². The number of carbonyl (C=O) groups excluding carboxylic acids is 8. The maximum absolute atomic E-state index is 13.7. The summed E-state index contributed by atoms with van der Waals surface area (Å²) in [6.07, 6.45) is 0.669. The smallest absolute Gasteiger partial charge is 0.326 e. The van der Waals surface area contributed by atoms with Gasteiger partial charge in [0.25, 0.3) is 0 Å². The number of amides is 8. The monoisotopic (exact) mass is 960 g/mol. The van der Waals surface area contributed by atoms with Crippen molar-refractivity contribution in [3.63, 3.8) is 0 Å². The lowest BCUT2D eigenvalue weighted by molar-refractivity contribution is -0.142. The number of carboxylic acid groups (broad SMARTS) is 2. The molecule has 382 valence electrons. The third-order valence-corrected chi connectivity index (χ3v) is 9.87. The molecule has 20 N–H and O–H groups in total. The van der Waals surface area contributed by atoms with E-state index in [9.17, 15) is 63.3 Å². The summed E-state index contributed by atoms with van der Waals surface area (Å²) in [5.41, 5.74) is 21.9. The zero-order valence-electron chi connectivity index (χ0n) is 39.0. The number of guanidine groups is 1. The first-order chi connectivity index (χ1) is 31.3. The Morgan fingerprint density at radius 3 is 1.43 bits per heavy atom. The van der Waals surface area contributed by atoms with Crippen molar-refractivity contribution in [2.45, 2.75) is 147 Å². The molecule has 8 amide bonds. The van der Waals surface area contributed by atoms with Crippen LogP contribution in [0.1, 0.15) is 92.9 Å². The number of hydrogen-bond donors (Lipinski definition) is 16. The highest BCUT2D eigenvalue weighted by Gasteiger charge is 2.34. The minimum atomic E-state index is -1.73. The number of nitrogens with zero attached hydrogens (tertiary/aromatic N) is 1. The molecule has 0 aromatic rings. The van der Waals surface area contributed by atoms with Gasteiger partial charge in [0, 0.05) is 13.0 Å². The standard InChI is InChI=1S/C40H73N13O14/c1-19(2)16-26(50-38(65)30(20(3)4)53-34(61)24(10-7-8-14-41)48-33(60)23(42)12-13-29(56)57)35(62)46-22(6)32(59)51-28(18-55)37(64)52-27(17-54)36(63)47-21(5)31(58)49-25(39(66)67)11-9-15-45-40(43)44/h19-28,30,54-55H,7-18,41-42H2,1-6H3,(H,46,62)(H,47,63)(H,48,60)(H,49,58)(H,50,65)(H,51,59)(H,52,64)(H,53,61)(H,56,57)(H,66,67)(H4,43,44,45)/t21-,22-,23-,24-,25-,26-,27-,28-,30-/m0/s1. The first-order valence-electron chi connectivity index (χ1n) is 21.9. The highest BCUT2D eigenvalue weighted by Crippen LogP contribution is 2.11. The number of nitrogens with one attached hydrogen (secondary N) is 8. The lowest BCUT2D eigenvalue weighted by Crippen LogP contribution is -2.61.